The van der Waals surface area contributed by atoms with Crippen molar-refractivity contribution in [2.75, 3.05) is 6.54 Å². The smallest absolute Gasteiger partial charge is 0.353 e. The van der Waals surface area contributed by atoms with Gasteiger partial charge < -0.3 is 10.6 Å². The van der Waals surface area contributed by atoms with E-state index in [1.54, 1.807) is 0 Å². The van der Waals surface area contributed by atoms with Crippen LogP contribution in [0, 0.1) is 0 Å². The summed E-state index contributed by atoms with van der Waals surface area (Å²) in [5.74, 6) is -5.03. The molecule has 0 aliphatic rings. The topological polar surface area (TPSA) is 58.2 Å². The van der Waals surface area contributed by atoms with Crippen LogP contribution in [0.2, 0.25) is 15.1 Å². The number of rotatable bonds is 8. The summed E-state index contributed by atoms with van der Waals surface area (Å²) >= 11 is 17.4. The van der Waals surface area contributed by atoms with Crippen LogP contribution in [0.1, 0.15) is 53.2 Å². The average molecular weight is 658 g/mol. The number of alkyl halides is 9. The Hall–Kier alpha value is -2.64. The molecule has 0 bridgehead atoms. The van der Waals surface area contributed by atoms with Crippen molar-refractivity contribution < 1.29 is 49.1 Å². The number of hydrogen-bond acceptors (Lipinski definition) is 2. The van der Waals surface area contributed by atoms with E-state index in [0.29, 0.717) is 12.1 Å². The predicted molar refractivity (Wildman–Crippen MR) is 136 cm³/mol. The molecule has 2 rings (SSSR count). The molecule has 0 aliphatic heterocycles. The largest absolute Gasteiger partial charge is 0.417 e. The minimum absolute atomic E-state index is 0.183. The van der Waals surface area contributed by atoms with Gasteiger partial charge in [0.15, 0.2) is 0 Å². The maximum atomic E-state index is 13.8. The molecule has 0 heterocycles. The van der Waals surface area contributed by atoms with E-state index in [-0.39, 0.29) is 20.6 Å². The molecule has 0 fully saturated rings. The van der Waals surface area contributed by atoms with Crippen LogP contribution >= 0.6 is 34.8 Å². The van der Waals surface area contributed by atoms with Crippen molar-refractivity contribution in [1.82, 2.24) is 10.6 Å². The van der Waals surface area contributed by atoms with Crippen LogP contribution in [0.15, 0.2) is 36.4 Å². The maximum Gasteiger partial charge on any atom is 0.417 e. The molecular formula is C25H20Cl3F9N2O2. The first-order valence-corrected chi connectivity index (χ1v) is 12.4. The monoisotopic (exact) mass is 656 g/mol. The fraction of sp³-hybridized carbons (Fsp3) is 0.360. The van der Waals surface area contributed by atoms with Crippen LogP contribution in [0.25, 0.3) is 6.08 Å². The predicted octanol–water partition coefficient (Wildman–Crippen LogP) is 8.60. The van der Waals surface area contributed by atoms with Crippen LogP contribution in [-0.4, -0.2) is 36.3 Å². The molecule has 0 saturated carbocycles. The lowest BCUT2D eigenvalue weighted by molar-refractivity contribution is -0.154. The van der Waals surface area contributed by atoms with Gasteiger partial charge in [-0.15, -0.1) is 0 Å². The van der Waals surface area contributed by atoms with Crippen molar-refractivity contribution in [2.45, 2.75) is 50.3 Å². The van der Waals surface area contributed by atoms with Gasteiger partial charge in [-0.1, -0.05) is 53.0 Å². The fourth-order valence-corrected chi connectivity index (χ4v) is 4.07. The highest BCUT2D eigenvalue weighted by Crippen LogP contribution is 2.41. The second-order valence-electron chi connectivity index (χ2n) is 9.39. The molecule has 0 aromatic heterocycles. The van der Waals surface area contributed by atoms with E-state index in [9.17, 15) is 49.1 Å². The summed E-state index contributed by atoms with van der Waals surface area (Å²) in [5.41, 5.74) is -4.65. The molecule has 41 heavy (non-hydrogen) atoms. The zero-order chi connectivity index (χ0) is 31.6. The fourth-order valence-electron chi connectivity index (χ4n) is 3.45. The molecule has 2 amide bonds. The van der Waals surface area contributed by atoms with Gasteiger partial charge >= 0.3 is 18.5 Å². The Kier molecular flexibility index (Phi) is 10.7. The second-order valence-corrected chi connectivity index (χ2v) is 10.6. The minimum Gasteiger partial charge on any atom is -0.353 e. The second kappa shape index (κ2) is 12.7. The van der Waals surface area contributed by atoms with Gasteiger partial charge in [0, 0.05) is 6.54 Å². The van der Waals surface area contributed by atoms with E-state index in [4.69, 9.17) is 34.8 Å². The van der Waals surface area contributed by atoms with Crippen molar-refractivity contribution in [3.05, 3.63) is 73.7 Å². The summed E-state index contributed by atoms with van der Waals surface area (Å²) in [4.78, 5) is 24.1. The molecule has 1 unspecified atom stereocenters. The van der Waals surface area contributed by atoms with Crippen molar-refractivity contribution in [1.29, 1.82) is 0 Å². The number of benzene rings is 2. The molecule has 2 aromatic rings. The van der Waals surface area contributed by atoms with Gasteiger partial charge in [-0.25, -0.2) is 0 Å². The quantitative estimate of drug-likeness (QED) is 0.221. The van der Waals surface area contributed by atoms with Crippen molar-refractivity contribution in [3.8, 4) is 0 Å². The molecule has 0 spiro atoms. The first-order valence-electron chi connectivity index (χ1n) is 11.3. The van der Waals surface area contributed by atoms with Crippen LogP contribution in [0.5, 0.6) is 0 Å². The molecule has 2 N–H and O–H groups in total. The molecule has 0 saturated heterocycles. The third kappa shape index (κ3) is 10.3. The lowest BCUT2D eigenvalue weighted by Crippen LogP contribution is -2.52. The van der Waals surface area contributed by atoms with E-state index in [1.807, 2.05) is 5.32 Å². The Morgan fingerprint density at radius 1 is 0.902 bits per heavy atom. The molecule has 1 atom stereocenters. The zero-order valence-electron chi connectivity index (χ0n) is 20.9. The molecule has 0 aliphatic carbocycles. The Labute approximate surface area is 242 Å². The van der Waals surface area contributed by atoms with E-state index in [1.165, 1.54) is 13.8 Å². The minimum atomic E-state index is -5.12. The average Bonchev–Trinajstić information content (AvgIpc) is 2.78. The van der Waals surface area contributed by atoms with Crippen LogP contribution in [0.4, 0.5) is 39.5 Å². The van der Waals surface area contributed by atoms with Gasteiger partial charge in [0.25, 0.3) is 5.91 Å². The number of amides is 2. The first-order chi connectivity index (χ1) is 18.5. The molecule has 0 radical (unpaired) electrons. The number of allylic oxidation sites excluding steroid dienone is 1. The summed E-state index contributed by atoms with van der Waals surface area (Å²) in [6.45, 7) is 1.94. The number of halogens is 12. The van der Waals surface area contributed by atoms with Gasteiger partial charge in [0.05, 0.1) is 37.7 Å². The normalized spacial score (nSPS) is 13.8. The highest BCUT2D eigenvalue weighted by atomic mass is 35.5. The third-order valence-corrected chi connectivity index (χ3v) is 6.53. The highest BCUT2D eigenvalue weighted by molar-refractivity contribution is 6.48. The van der Waals surface area contributed by atoms with Crippen molar-refractivity contribution in [3.63, 3.8) is 0 Å². The van der Waals surface area contributed by atoms with E-state index in [0.717, 1.165) is 30.3 Å². The molecule has 2 aromatic carbocycles. The van der Waals surface area contributed by atoms with Gasteiger partial charge in [-0.2, -0.15) is 39.5 Å². The van der Waals surface area contributed by atoms with Crippen LogP contribution in [0.3, 0.4) is 0 Å². The zero-order valence-corrected chi connectivity index (χ0v) is 23.2. The summed E-state index contributed by atoms with van der Waals surface area (Å²) in [6, 6.07) is 3.99. The highest BCUT2D eigenvalue weighted by Gasteiger charge is 2.40. The van der Waals surface area contributed by atoms with Gasteiger partial charge in [0.2, 0.25) is 5.91 Å². The van der Waals surface area contributed by atoms with Crippen LogP contribution in [-0.2, 0) is 11.0 Å². The Morgan fingerprint density at radius 2 is 1.46 bits per heavy atom. The van der Waals surface area contributed by atoms with Gasteiger partial charge in [-0.05, 0) is 49.2 Å². The Bertz CT molecular complexity index is 1300. The SMILES string of the molecule is CC(C)(CNC(=O)CC(F)(F)F)NC(=O)c1ccc(C=CC(c2cc(Cl)c(Cl)c(Cl)c2)C(F)(F)F)cc1C(F)(F)F. The lowest BCUT2D eigenvalue weighted by Gasteiger charge is -2.27. The molecule has 226 valence electrons. The number of carbonyl (C=O) groups is 2. The Morgan fingerprint density at radius 3 is 1.95 bits per heavy atom. The van der Waals surface area contributed by atoms with Gasteiger partial charge in [-0.3, -0.25) is 9.59 Å². The summed E-state index contributed by atoms with van der Waals surface area (Å²) in [7, 11) is 0. The number of hydrogen-bond donors (Lipinski definition) is 2. The van der Waals surface area contributed by atoms with E-state index >= 15 is 0 Å². The lowest BCUT2D eigenvalue weighted by atomic mass is 9.95. The molecule has 4 nitrogen and oxygen atoms in total. The maximum absolute atomic E-state index is 13.8. The molecule has 16 heteroatoms. The third-order valence-electron chi connectivity index (χ3n) is 5.33. The number of nitrogens with one attached hydrogen (secondary N) is 2. The summed E-state index contributed by atoms with van der Waals surface area (Å²) < 4.78 is 120. The van der Waals surface area contributed by atoms with Crippen molar-refractivity contribution in [2.24, 2.45) is 0 Å². The first kappa shape index (κ1) is 34.6. The van der Waals surface area contributed by atoms with E-state index in [2.05, 4.69) is 5.32 Å². The van der Waals surface area contributed by atoms with Crippen LogP contribution < -0.4 is 10.6 Å². The van der Waals surface area contributed by atoms with Crippen molar-refractivity contribution >= 4 is 52.7 Å². The Balaban J connectivity index is 2.35. The molecular weight excluding hydrogens is 638 g/mol. The van der Waals surface area contributed by atoms with Gasteiger partial charge in [0.1, 0.15) is 6.42 Å². The summed E-state index contributed by atoms with van der Waals surface area (Å²) in [6.07, 6.45) is -15.3. The standard InChI is InChI=1S/C25H20Cl3F9N2O2/c1-22(2,11-38-19(40)10-23(29,30)31)39-21(41)14-5-3-12(7-16(14)25(35,36)37)4-6-15(24(32,33)34)13-8-17(26)20(28)18(27)9-13/h3-9,15H,10-11H2,1-2H3,(H,38,40)(H,39,41). The van der Waals surface area contributed by atoms with E-state index < -0.39 is 71.5 Å². The summed E-state index contributed by atoms with van der Waals surface area (Å²) in [5, 5.41) is 3.40. The number of carbonyl (C=O) groups excluding carboxylic acids is 2.